The molecule has 1 aliphatic carbocycles. The Kier molecular flexibility index (Phi) is 4.04. The maximum absolute atomic E-state index is 3.84. The molecule has 1 N–H and O–H groups in total. The zero-order chi connectivity index (χ0) is 10.7. The van der Waals surface area contributed by atoms with E-state index in [0.717, 1.165) is 18.0 Å². The highest BCUT2D eigenvalue weighted by Gasteiger charge is 2.25. The summed E-state index contributed by atoms with van der Waals surface area (Å²) in [7, 11) is 2.23. The molecule has 2 heteroatoms. The van der Waals surface area contributed by atoms with Crippen molar-refractivity contribution in [2.75, 3.05) is 20.1 Å². The lowest BCUT2D eigenvalue weighted by atomic mass is 9.84. The third kappa shape index (κ3) is 3.18. The van der Waals surface area contributed by atoms with E-state index in [1.807, 2.05) is 0 Å². The van der Waals surface area contributed by atoms with Gasteiger partial charge in [-0.2, -0.15) is 0 Å². The summed E-state index contributed by atoms with van der Waals surface area (Å²) < 4.78 is 0. The molecule has 0 aromatic rings. The lowest BCUT2D eigenvalue weighted by Crippen LogP contribution is -2.42. The van der Waals surface area contributed by atoms with Gasteiger partial charge in [-0.1, -0.05) is 19.3 Å². The van der Waals surface area contributed by atoms with Crippen molar-refractivity contribution in [3.8, 4) is 0 Å². The van der Waals surface area contributed by atoms with Gasteiger partial charge in [-0.3, -0.25) is 0 Å². The molecule has 2 fully saturated rings. The second-order valence-electron chi connectivity index (χ2n) is 5.60. The van der Waals surface area contributed by atoms with Gasteiger partial charge in [0, 0.05) is 18.6 Å². The quantitative estimate of drug-likeness (QED) is 0.768. The summed E-state index contributed by atoms with van der Waals surface area (Å²) in [5.41, 5.74) is 0. The fourth-order valence-electron chi connectivity index (χ4n) is 3.21. The minimum atomic E-state index is 0.738. The lowest BCUT2D eigenvalue weighted by Gasteiger charge is -2.30. The van der Waals surface area contributed by atoms with Crippen molar-refractivity contribution in [3.05, 3.63) is 0 Å². The van der Waals surface area contributed by atoms with E-state index < -0.39 is 0 Å². The zero-order valence-corrected chi connectivity index (χ0v) is 10.3. The summed E-state index contributed by atoms with van der Waals surface area (Å²) in [6.07, 6.45) is 8.64. The molecule has 1 saturated carbocycles. The number of nitrogens with zero attached hydrogens (tertiary/aromatic N) is 1. The molecular formula is C13H26N2. The van der Waals surface area contributed by atoms with Crippen LogP contribution in [0.4, 0.5) is 0 Å². The Bertz CT molecular complexity index is 187. The number of likely N-dealkylation sites (tertiary alicyclic amines) is 1. The van der Waals surface area contributed by atoms with Gasteiger partial charge >= 0.3 is 0 Å². The molecule has 1 saturated heterocycles. The van der Waals surface area contributed by atoms with Crippen LogP contribution in [0.15, 0.2) is 0 Å². The van der Waals surface area contributed by atoms with Crippen LogP contribution in [0.3, 0.4) is 0 Å². The highest BCUT2D eigenvalue weighted by molar-refractivity contribution is 4.84. The molecule has 0 amide bonds. The van der Waals surface area contributed by atoms with Crippen LogP contribution in [0, 0.1) is 5.92 Å². The van der Waals surface area contributed by atoms with Crippen LogP contribution in [0.25, 0.3) is 0 Å². The first-order valence-corrected chi connectivity index (χ1v) is 6.70. The van der Waals surface area contributed by atoms with Gasteiger partial charge in [0.2, 0.25) is 0 Å². The molecular weight excluding hydrogens is 184 g/mol. The summed E-state index contributed by atoms with van der Waals surface area (Å²) >= 11 is 0. The van der Waals surface area contributed by atoms with Crippen LogP contribution in [0.5, 0.6) is 0 Å². The molecule has 2 rings (SSSR count). The Labute approximate surface area is 94.4 Å². The second kappa shape index (κ2) is 5.31. The summed E-state index contributed by atoms with van der Waals surface area (Å²) in [5, 5.41) is 3.84. The van der Waals surface area contributed by atoms with Gasteiger partial charge in [0.1, 0.15) is 0 Å². The Morgan fingerprint density at radius 1 is 1.13 bits per heavy atom. The molecule has 88 valence electrons. The second-order valence-corrected chi connectivity index (χ2v) is 5.60. The van der Waals surface area contributed by atoms with Crippen molar-refractivity contribution in [2.45, 2.75) is 57.5 Å². The van der Waals surface area contributed by atoms with E-state index in [1.165, 1.54) is 51.6 Å². The van der Waals surface area contributed by atoms with Gasteiger partial charge < -0.3 is 10.2 Å². The van der Waals surface area contributed by atoms with E-state index in [9.17, 15) is 0 Å². The first-order valence-electron chi connectivity index (χ1n) is 6.70. The normalized spacial score (nSPS) is 32.0. The lowest BCUT2D eigenvalue weighted by molar-refractivity contribution is 0.262. The average molecular weight is 210 g/mol. The fraction of sp³-hybridized carbons (Fsp3) is 1.00. The molecule has 2 aliphatic rings. The molecule has 0 aromatic heterocycles. The Balaban J connectivity index is 1.73. The van der Waals surface area contributed by atoms with E-state index >= 15 is 0 Å². The van der Waals surface area contributed by atoms with Gasteiger partial charge in [-0.15, -0.1) is 0 Å². The Morgan fingerprint density at radius 3 is 2.47 bits per heavy atom. The molecule has 2 atom stereocenters. The molecule has 1 heterocycles. The van der Waals surface area contributed by atoms with Crippen LogP contribution in [-0.4, -0.2) is 37.1 Å². The zero-order valence-electron chi connectivity index (χ0n) is 10.3. The molecule has 2 nitrogen and oxygen atoms in total. The Hall–Kier alpha value is -0.0800. The van der Waals surface area contributed by atoms with Gasteiger partial charge in [0.25, 0.3) is 0 Å². The topological polar surface area (TPSA) is 15.3 Å². The maximum atomic E-state index is 3.84. The van der Waals surface area contributed by atoms with Crippen molar-refractivity contribution in [3.63, 3.8) is 0 Å². The minimum Gasteiger partial charge on any atom is -0.310 e. The van der Waals surface area contributed by atoms with Crippen molar-refractivity contribution in [1.29, 1.82) is 0 Å². The highest BCUT2D eigenvalue weighted by Crippen LogP contribution is 2.26. The van der Waals surface area contributed by atoms with Gasteiger partial charge in [-0.05, 0) is 45.7 Å². The molecule has 0 unspecified atom stereocenters. The largest absolute Gasteiger partial charge is 0.310 e. The summed E-state index contributed by atoms with van der Waals surface area (Å²) in [6.45, 7) is 4.92. The molecule has 0 bridgehead atoms. The summed E-state index contributed by atoms with van der Waals surface area (Å²) in [6, 6.07) is 1.49. The molecule has 0 radical (unpaired) electrons. The molecule has 15 heavy (non-hydrogen) atoms. The van der Waals surface area contributed by atoms with E-state index in [1.54, 1.807) is 0 Å². The predicted octanol–water partition coefficient (Wildman–Crippen LogP) is 2.25. The standard InChI is InChI=1S/C13H26N2/c1-11(12-6-4-3-5-7-12)14-13-8-9-15(2)10-13/h11-14H,3-10H2,1-2H3/t11-,13-/m1/s1. The summed E-state index contributed by atoms with van der Waals surface area (Å²) in [4.78, 5) is 2.44. The van der Waals surface area contributed by atoms with Gasteiger partial charge in [-0.25, -0.2) is 0 Å². The van der Waals surface area contributed by atoms with E-state index in [0.29, 0.717) is 0 Å². The number of nitrogens with one attached hydrogen (secondary N) is 1. The first-order chi connectivity index (χ1) is 7.25. The van der Waals surface area contributed by atoms with E-state index in [4.69, 9.17) is 0 Å². The molecule has 0 spiro atoms. The first kappa shape index (κ1) is 11.4. The van der Waals surface area contributed by atoms with Crippen LogP contribution in [0.2, 0.25) is 0 Å². The van der Waals surface area contributed by atoms with Crippen LogP contribution < -0.4 is 5.32 Å². The van der Waals surface area contributed by atoms with Crippen LogP contribution >= 0.6 is 0 Å². The van der Waals surface area contributed by atoms with E-state index in [2.05, 4.69) is 24.2 Å². The van der Waals surface area contributed by atoms with Crippen molar-refractivity contribution < 1.29 is 0 Å². The third-order valence-corrected chi connectivity index (χ3v) is 4.25. The van der Waals surface area contributed by atoms with Crippen molar-refractivity contribution >= 4 is 0 Å². The van der Waals surface area contributed by atoms with E-state index in [-0.39, 0.29) is 0 Å². The number of likely N-dealkylation sites (N-methyl/N-ethyl adjacent to an activating group) is 1. The van der Waals surface area contributed by atoms with Crippen molar-refractivity contribution in [2.24, 2.45) is 5.92 Å². The van der Waals surface area contributed by atoms with Crippen LogP contribution in [0.1, 0.15) is 45.4 Å². The highest BCUT2D eigenvalue weighted by atomic mass is 15.2. The minimum absolute atomic E-state index is 0.738. The number of hydrogen-bond donors (Lipinski definition) is 1. The fourth-order valence-corrected chi connectivity index (χ4v) is 3.21. The Morgan fingerprint density at radius 2 is 1.87 bits per heavy atom. The van der Waals surface area contributed by atoms with Gasteiger partial charge in [0.05, 0.1) is 0 Å². The third-order valence-electron chi connectivity index (χ3n) is 4.25. The number of hydrogen-bond acceptors (Lipinski definition) is 2. The average Bonchev–Trinajstić information content (AvgIpc) is 2.65. The smallest absolute Gasteiger partial charge is 0.0209 e. The van der Waals surface area contributed by atoms with Crippen LogP contribution in [-0.2, 0) is 0 Å². The monoisotopic (exact) mass is 210 g/mol. The molecule has 0 aromatic carbocycles. The predicted molar refractivity (Wildman–Crippen MR) is 65.1 cm³/mol. The maximum Gasteiger partial charge on any atom is 0.0209 e. The van der Waals surface area contributed by atoms with Crippen molar-refractivity contribution in [1.82, 2.24) is 10.2 Å². The van der Waals surface area contributed by atoms with Gasteiger partial charge in [0.15, 0.2) is 0 Å². The SMILES string of the molecule is C[C@@H](N[C@@H]1CCN(C)C1)C1CCCCC1. The summed E-state index contributed by atoms with van der Waals surface area (Å²) in [5.74, 6) is 0.949. The number of rotatable bonds is 3. The molecule has 1 aliphatic heterocycles.